The maximum absolute atomic E-state index is 12.1. The van der Waals surface area contributed by atoms with Gasteiger partial charge in [0.1, 0.15) is 11.5 Å². The molecule has 0 aliphatic heterocycles. The summed E-state index contributed by atoms with van der Waals surface area (Å²) >= 11 is 1.41. The Hall–Kier alpha value is -2.34. The third kappa shape index (κ3) is 3.07. The van der Waals surface area contributed by atoms with Crippen LogP contribution >= 0.6 is 11.8 Å². The molecule has 0 spiro atoms. The number of carbonyl (C=O) groups excluding carboxylic acids is 1. The van der Waals surface area contributed by atoms with Crippen LogP contribution in [0.15, 0.2) is 52.2 Å². The highest BCUT2D eigenvalue weighted by atomic mass is 32.2. The summed E-state index contributed by atoms with van der Waals surface area (Å²) in [7, 11) is 1.90. The van der Waals surface area contributed by atoms with Gasteiger partial charge in [0.25, 0.3) is 0 Å². The third-order valence-electron chi connectivity index (χ3n) is 3.63. The van der Waals surface area contributed by atoms with Crippen molar-refractivity contribution in [3.05, 3.63) is 54.0 Å². The number of hydrogen-bond acceptors (Lipinski definition) is 5. The Bertz CT molecular complexity index is 823. The number of Topliss-reactive ketones (excluding diaryl/α,β-unsaturated/α-hetero) is 1. The highest BCUT2D eigenvalue weighted by Gasteiger charge is 2.22. The van der Waals surface area contributed by atoms with Crippen molar-refractivity contribution in [2.75, 3.05) is 0 Å². The number of hydrogen-bond donors (Lipinski definition) is 0. The average molecular weight is 327 g/mol. The Morgan fingerprint density at radius 3 is 2.57 bits per heavy atom. The van der Waals surface area contributed by atoms with Gasteiger partial charge < -0.3 is 8.98 Å². The summed E-state index contributed by atoms with van der Waals surface area (Å²) in [5.41, 5.74) is 1.87. The minimum Gasteiger partial charge on any atom is -0.469 e. The first-order valence-corrected chi connectivity index (χ1v) is 8.12. The predicted octanol–water partition coefficient (Wildman–Crippen LogP) is 3.81. The van der Waals surface area contributed by atoms with Gasteiger partial charge >= 0.3 is 0 Å². The minimum atomic E-state index is -0.294. The number of carbonyl (C=O) groups is 1. The molecule has 0 aliphatic carbocycles. The summed E-state index contributed by atoms with van der Waals surface area (Å²) in [5, 5.41) is 8.89. The van der Waals surface area contributed by atoms with Crippen molar-refractivity contribution in [2.24, 2.45) is 7.05 Å². The Morgan fingerprint density at radius 2 is 1.96 bits per heavy atom. The Balaban J connectivity index is 1.92. The van der Waals surface area contributed by atoms with Gasteiger partial charge in [-0.05, 0) is 25.5 Å². The second-order valence-corrected chi connectivity index (χ2v) is 6.35. The molecule has 0 radical (unpaired) electrons. The fourth-order valence-electron chi connectivity index (χ4n) is 2.39. The van der Waals surface area contributed by atoms with Crippen molar-refractivity contribution in [1.82, 2.24) is 14.8 Å². The van der Waals surface area contributed by atoms with Crippen LogP contribution in [0.4, 0.5) is 0 Å². The molecule has 118 valence electrons. The molecule has 0 fully saturated rings. The molecule has 1 aromatic carbocycles. The summed E-state index contributed by atoms with van der Waals surface area (Å²) in [6.45, 7) is 3.49. The number of aryl methyl sites for hydroxylation is 1. The molecule has 1 atom stereocenters. The number of rotatable bonds is 5. The highest BCUT2D eigenvalue weighted by molar-refractivity contribution is 8.00. The van der Waals surface area contributed by atoms with Crippen LogP contribution in [0.1, 0.15) is 23.5 Å². The lowest BCUT2D eigenvalue weighted by atomic mass is 10.1. The lowest BCUT2D eigenvalue weighted by Crippen LogP contribution is -2.06. The first kappa shape index (κ1) is 15.6. The maximum atomic E-state index is 12.1. The van der Waals surface area contributed by atoms with E-state index < -0.39 is 0 Å². The summed E-state index contributed by atoms with van der Waals surface area (Å²) in [6, 6.07) is 11.6. The second kappa shape index (κ2) is 6.42. The zero-order valence-electron chi connectivity index (χ0n) is 13.2. The fourth-order valence-corrected chi connectivity index (χ4v) is 3.39. The molecule has 3 aromatic rings. The van der Waals surface area contributed by atoms with E-state index in [1.807, 2.05) is 54.9 Å². The number of nitrogens with zero attached hydrogens (tertiary/aromatic N) is 3. The molecule has 2 aromatic heterocycles. The normalized spacial score (nSPS) is 12.3. The molecule has 0 unspecified atom stereocenters. The van der Waals surface area contributed by atoms with E-state index in [1.165, 1.54) is 11.8 Å². The van der Waals surface area contributed by atoms with E-state index >= 15 is 0 Å². The van der Waals surface area contributed by atoms with Crippen LogP contribution in [0.3, 0.4) is 0 Å². The summed E-state index contributed by atoms with van der Waals surface area (Å²) in [4.78, 5) is 12.1. The van der Waals surface area contributed by atoms with Crippen molar-refractivity contribution in [1.29, 1.82) is 0 Å². The van der Waals surface area contributed by atoms with Gasteiger partial charge in [0.05, 0.1) is 17.1 Å². The van der Waals surface area contributed by atoms with Gasteiger partial charge in [0.2, 0.25) is 0 Å². The first-order valence-electron chi connectivity index (χ1n) is 7.24. The Kier molecular flexibility index (Phi) is 4.34. The smallest absolute Gasteiger partial charge is 0.192 e. The van der Waals surface area contributed by atoms with Crippen LogP contribution in [-0.2, 0) is 11.8 Å². The van der Waals surface area contributed by atoms with Crippen molar-refractivity contribution in [2.45, 2.75) is 24.3 Å². The SMILES string of the molecule is CC(=O)[C@@H](Sc1nnc(-c2ccoc2C)n1C)c1ccccc1. The Labute approximate surface area is 138 Å². The second-order valence-electron chi connectivity index (χ2n) is 5.27. The predicted molar refractivity (Wildman–Crippen MR) is 89.2 cm³/mol. The number of furan rings is 1. The molecule has 0 bridgehead atoms. The van der Waals surface area contributed by atoms with E-state index in [-0.39, 0.29) is 11.0 Å². The van der Waals surface area contributed by atoms with E-state index in [4.69, 9.17) is 4.42 Å². The van der Waals surface area contributed by atoms with Crippen LogP contribution in [0, 0.1) is 6.92 Å². The molecule has 0 saturated carbocycles. The lowest BCUT2D eigenvalue weighted by Gasteiger charge is -2.13. The molecular formula is C17H17N3O2S. The van der Waals surface area contributed by atoms with Gasteiger partial charge in [0, 0.05) is 7.05 Å². The van der Waals surface area contributed by atoms with E-state index in [9.17, 15) is 4.79 Å². The molecule has 0 N–H and O–H groups in total. The molecule has 2 heterocycles. The van der Waals surface area contributed by atoms with Gasteiger partial charge in [-0.1, -0.05) is 42.1 Å². The molecule has 0 saturated heterocycles. The van der Waals surface area contributed by atoms with Crippen LogP contribution in [-0.4, -0.2) is 20.5 Å². The van der Waals surface area contributed by atoms with Crippen LogP contribution in [0.2, 0.25) is 0 Å². The molecule has 23 heavy (non-hydrogen) atoms. The standard InChI is InChI=1S/C17H17N3O2S/c1-11(21)15(13-7-5-4-6-8-13)23-17-19-18-16(20(17)3)14-9-10-22-12(14)2/h4-10,15H,1-3H3/t15-/m1/s1. The summed E-state index contributed by atoms with van der Waals surface area (Å²) in [6.07, 6.45) is 1.63. The van der Waals surface area contributed by atoms with E-state index in [2.05, 4.69) is 10.2 Å². The van der Waals surface area contributed by atoms with Crippen molar-refractivity contribution < 1.29 is 9.21 Å². The number of benzene rings is 1. The van der Waals surface area contributed by atoms with Gasteiger partial charge in [-0.2, -0.15) is 0 Å². The van der Waals surface area contributed by atoms with Crippen molar-refractivity contribution in [3.63, 3.8) is 0 Å². The number of ketones is 1. The maximum Gasteiger partial charge on any atom is 0.192 e. The summed E-state index contributed by atoms with van der Waals surface area (Å²) in [5.74, 6) is 1.61. The van der Waals surface area contributed by atoms with Crippen LogP contribution in [0.25, 0.3) is 11.4 Å². The zero-order valence-corrected chi connectivity index (χ0v) is 14.0. The van der Waals surface area contributed by atoms with Gasteiger partial charge in [-0.15, -0.1) is 10.2 Å². The molecule has 3 rings (SSSR count). The molecule has 6 heteroatoms. The first-order chi connectivity index (χ1) is 11.1. The molecular weight excluding hydrogens is 310 g/mol. The topological polar surface area (TPSA) is 60.9 Å². The van der Waals surface area contributed by atoms with E-state index in [0.717, 1.165) is 22.7 Å². The monoisotopic (exact) mass is 327 g/mol. The van der Waals surface area contributed by atoms with Crippen LogP contribution < -0.4 is 0 Å². The summed E-state index contributed by atoms with van der Waals surface area (Å²) < 4.78 is 7.22. The lowest BCUT2D eigenvalue weighted by molar-refractivity contribution is -0.116. The van der Waals surface area contributed by atoms with Gasteiger partial charge in [-0.25, -0.2) is 0 Å². The quantitative estimate of drug-likeness (QED) is 0.667. The largest absolute Gasteiger partial charge is 0.469 e. The zero-order chi connectivity index (χ0) is 16.4. The van der Waals surface area contributed by atoms with E-state index in [1.54, 1.807) is 13.2 Å². The fraction of sp³-hybridized carbons (Fsp3) is 0.235. The van der Waals surface area contributed by atoms with Gasteiger partial charge in [-0.3, -0.25) is 4.79 Å². The molecule has 0 amide bonds. The number of aromatic nitrogens is 3. The third-order valence-corrected chi connectivity index (χ3v) is 5.04. The van der Waals surface area contributed by atoms with Crippen molar-refractivity contribution >= 4 is 17.5 Å². The molecule has 5 nitrogen and oxygen atoms in total. The minimum absolute atomic E-state index is 0.0882. The number of thioether (sulfide) groups is 1. The van der Waals surface area contributed by atoms with Crippen LogP contribution in [0.5, 0.6) is 0 Å². The average Bonchev–Trinajstić information content (AvgIpc) is 3.11. The Morgan fingerprint density at radius 1 is 1.22 bits per heavy atom. The molecule has 0 aliphatic rings. The van der Waals surface area contributed by atoms with E-state index in [0.29, 0.717) is 5.16 Å². The van der Waals surface area contributed by atoms with Crippen molar-refractivity contribution in [3.8, 4) is 11.4 Å². The highest BCUT2D eigenvalue weighted by Crippen LogP contribution is 2.36. The van der Waals surface area contributed by atoms with Gasteiger partial charge in [0.15, 0.2) is 11.0 Å².